The molecule has 1 N–H and O–H groups in total. The maximum Gasteiger partial charge on any atom is 0.248 e. The van der Waals surface area contributed by atoms with Crippen LogP contribution in [0.5, 0.6) is 0 Å². The average molecular weight is 235 g/mol. The minimum Gasteiger partial charge on any atom is -0.386 e. The van der Waals surface area contributed by atoms with Crippen LogP contribution < -0.4 is 0 Å². The van der Waals surface area contributed by atoms with E-state index in [1.807, 2.05) is 30.3 Å². The van der Waals surface area contributed by atoms with Gasteiger partial charge in [-0.15, -0.1) is 0 Å². The van der Waals surface area contributed by atoms with E-state index < -0.39 is 5.60 Å². The molecule has 0 aliphatic carbocycles. The molecule has 4 nitrogen and oxygen atoms in total. The summed E-state index contributed by atoms with van der Waals surface area (Å²) in [5, 5.41) is 9.50. The molecule has 1 aromatic carbocycles. The van der Waals surface area contributed by atoms with E-state index in [0.717, 1.165) is 5.56 Å². The molecule has 0 unspecified atom stereocenters. The second kappa shape index (κ2) is 4.85. The minimum atomic E-state index is -0.713. The van der Waals surface area contributed by atoms with Crippen molar-refractivity contribution in [3.05, 3.63) is 35.9 Å². The van der Waals surface area contributed by atoms with Crippen LogP contribution in [0.25, 0.3) is 0 Å². The molecule has 0 saturated carbocycles. The Morgan fingerprint density at radius 3 is 2.65 bits per heavy atom. The van der Waals surface area contributed by atoms with E-state index in [1.54, 1.807) is 11.8 Å². The van der Waals surface area contributed by atoms with Gasteiger partial charge >= 0.3 is 0 Å². The SMILES string of the molecule is CC1(O)CN(C(=O)COCc2ccccc2)C1. The summed E-state index contributed by atoms with van der Waals surface area (Å²) < 4.78 is 5.33. The topological polar surface area (TPSA) is 49.8 Å². The van der Waals surface area contributed by atoms with Gasteiger partial charge in [-0.1, -0.05) is 30.3 Å². The van der Waals surface area contributed by atoms with Crippen LogP contribution in [0.4, 0.5) is 0 Å². The smallest absolute Gasteiger partial charge is 0.248 e. The van der Waals surface area contributed by atoms with E-state index >= 15 is 0 Å². The Morgan fingerprint density at radius 2 is 2.06 bits per heavy atom. The fraction of sp³-hybridized carbons (Fsp3) is 0.462. The lowest BCUT2D eigenvalue weighted by atomic mass is 9.97. The second-order valence-corrected chi connectivity index (χ2v) is 4.73. The van der Waals surface area contributed by atoms with Crippen molar-refractivity contribution in [2.24, 2.45) is 0 Å². The van der Waals surface area contributed by atoms with Gasteiger partial charge in [0.15, 0.2) is 0 Å². The first kappa shape index (κ1) is 12.1. The van der Waals surface area contributed by atoms with Crippen molar-refractivity contribution in [3.8, 4) is 0 Å². The highest BCUT2D eigenvalue weighted by atomic mass is 16.5. The van der Waals surface area contributed by atoms with Gasteiger partial charge < -0.3 is 14.7 Å². The second-order valence-electron chi connectivity index (χ2n) is 4.73. The molecule has 0 aromatic heterocycles. The number of rotatable bonds is 4. The molecule has 4 heteroatoms. The van der Waals surface area contributed by atoms with Crippen molar-refractivity contribution in [2.75, 3.05) is 19.7 Å². The molecule has 1 fully saturated rings. The number of amides is 1. The third-order valence-corrected chi connectivity index (χ3v) is 2.75. The molecule has 1 amide bonds. The summed E-state index contributed by atoms with van der Waals surface area (Å²) in [7, 11) is 0. The number of likely N-dealkylation sites (tertiary alicyclic amines) is 1. The molecule has 1 aromatic rings. The fourth-order valence-corrected chi connectivity index (χ4v) is 1.87. The zero-order valence-corrected chi connectivity index (χ0v) is 9.93. The maximum absolute atomic E-state index is 11.6. The summed E-state index contributed by atoms with van der Waals surface area (Å²) >= 11 is 0. The highest BCUT2D eigenvalue weighted by molar-refractivity contribution is 5.78. The number of hydrogen-bond acceptors (Lipinski definition) is 3. The average Bonchev–Trinajstić information content (AvgIpc) is 2.27. The Balaban J connectivity index is 1.68. The van der Waals surface area contributed by atoms with Crippen molar-refractivity contribution in [3.63, 3.8) is 0 Å². The molecule has 0 radical (unpaired) electrons. The van der Waals surface area contributed by atoms with Crippen molar-refractivity contribution < 1.29 is 14.6 Å². The van der Waals surface area contributed by atoms with E-state index in [0.29, 0.717) is 19.7 Å². The first-order valence-electron chi connectivity index (χ1n) is 5.69. The number of carbonyl (C=O) groups excluding carboxylic acids is 1. The number of carbonyl (C=O) groups is 1. The Hall–Kier alpha value is -1.39. The quantitative estimate of drug-likeness (QED) is 0.839. The standard InChI is InChI=1S/C13H17NO3/c1-13(16)9-14(10-13)12(15)8-17-7-11-5-3-2-4-6-11/h2-6,16H,7-10H2,1H3. The Bertz CT molecular complexity index is 381. The van der Waals surface area contributed by atoms with E-state index in [1.165, 1.54) is 0 Å². The number of aliphatic hydroxyl groups is 1. The first-order valence-corrected chi connectivity index (χ1v) is 5.69. The van der Waals surface area contributed by atoms with Crippen molar-refractivity contribution >= 4 is 5.91 Å². The first-order chi connectivity index (χ1) is 8.07. The number of hydrogen-bond donors (Lipinski definition) is 1. The summed E-state index contributed by atoms with van der Waals surface area (Å²) in [6.07, 6.45) is 0. The summed E-state index contributed by atoms with van der Waals surface area (Å²) in [6, 6.07) is 9.73. The van der Waals surface area contributed by atoms with Gasteiger partial charge in [0.1, 0.15) is 6.61 Å². The summed E-state index contributed by atoms with van der Waals surface area (Å²) in [4.78, 5) is 13.2. The Morgan fingerprint density at radius 1 is 1.41 bits per heavy atom. The van der Waals surface area contributed by atoms with Gasteiger partial charge in [-0.3, -0.25) is 4.79 Å². The van der Waals surface area contributed by atoms with Gasteiger partial charge in [0.05, 0.1) is 25.3 Å². The molecule has 0 spiro atoms. The molecular formula is C13H17NO3. The lowest BCUT2D eigenvalue weighted by Crippen LogP contribution is -2.62. The van der Waals surface area contributed by atoms with Crippen molar-refractivity contribution in [1.82, 2.24) is 4.90 Å². The van der Waals surface area contributed by atoms with Crippen LogP contribution >= 0.6 is 0 Å². The molecule has 92 valence electrons. The van der Waals surface area contributed by atoms with Crippen LogP contribution in [-0.2, 0) is 16.1 Å². The molecule has 1 heterocycles. The molecule has 1 aliphatic rings. The van der Waals surface area contributed by atoms with Crippen LogP contribution in [0.3, 0.4) is 0 Å². The molecule has 0 bridgehead atoms. The zero-order chi connectivity index (χ0) is 12.3. The molecular weight excluding hydrogens is 218 g/mol. The predicted molar refractivity (Wildman–Crippen MR) is 63.3 cm³/mol. The van der Waals surface area contributed by atoms with Crippen LogP contribution in [0.1, 0.15) is 12.5 Å². The molecule has 1 aliphatic heterocycles. The molecule has 0 atom stereocenters. The summed E-state index contributed by atoms with van der Waals surface area (Å²) in [5.41, 5.74) is 0.339. The maximum atomic E-state index is 11.6. The van der Waals surface area contributed by atoms with Gasteiger partial charge in [-0.05, 0) is 12.5 Å². The van der Waals surface area contributed by atoms with Crippen LogP contribution in [0.2, 0.25) is 0 Å². The normalized spacial score (nSPS) is 17.6. The minimum absolute atomic E-state index is 0.0625. The van der Waals surface area contributed by atoms with Gasteiger partial charge in [-0.25, -0.2) is 0 Å². The van der Waals surface area contributed by atoms with E-state index in [9.17, 15) is 9.90 Å². The zero-order valence-electron chi connectivity index (χ0n) is 9.93. The van der Waals surface area contributed by atoms with Crippen LogP contribution in [-0.4, -0.2) is 41.2 Å². The Labute approximate surface area is 101 Å². The van der Waals surface area contributed by atoms with E-state index in [2.05, 4.69) is 0 Å². The molecule has 17 heavy (non-hydrogen) atoms. The van der Waals surface area contributed by atoms with Crippen LogP contribution in [0, 0.1) is 0 Å². The fourth-order valence-electron chi connectivity index (χ4n) is 1.87. The van der Waals surface area contributed by atoms with E-state index in [-0.39, 0.29) is 12.5 Å². The van der Waals surface area contributed by atoms with Crippen molar-refractivity contribution in [1.29, 1.82) is 0 Å². The third-order valence-electron chi connectivity index (χ3n) is 2.75. The summed E-state index contributed by atoms with van der Waals surface area (Å²) in [6.45, 7) is 3.05. The van der Waals surface area contributed by atoms with Gasteiger partial charge in [0.2, 0.25) is 5.91 Å². The molecule has 2 rings (SSSR count). The van der Waals surface area contributed by atoms with Crippen molar-refractivity contribution in [2.45, 2.75) is 19.1 Å². The van der Waals surface area contributed by atoms with Gasteiger partial charge in [0, 0.05) is 0 Å². The van der Waals surface area contributed by atoms with Crippen LogP contribution in [0.15, 0.2) is 30.3 Å². The Kier molecular flexibility index (Phi) is 3.45. The largest absolute Gasteiger partial charge is 0.386 e. The number of ether oxygens (including phenoxy) is 1. The van der Waals surface area contributed by atoms with E-state index in [4.69, 9.17) is 4.74 Å². The highest BCUT2D eigenvalue weighted by Gasteiger charge is 2.39. The monoisotopic (exact) mass is 235 g/mol. The van der Waals surface area contributed by atoms with Gasteiger partial charge in [-0.2, -0.15) is 0 Å². The third kappa shape index (κ3) is 3.28. The summed E-state index contributed by atoms with van der Waals surface area (Å²) in [5.74, 6) is -0.0625. The number of β-amino-alcohol motifs (C(OH)–C–C–N with tert-alkyl or cyclic N) is 1. The number of nitrogens with zero attached hydrogens (tertiary/aromatic N) is 1. The lowest BCUT2D eigenvalue weighted by Gasteiger charge is -2.44. The lowest BCUT2D eigenvalue weighted by molar-refractivity contribution is -0.157. The van der Waals surface area contributed by atoms with Gasteiger partial charge in [0.25, 0.3) is 0 Å². The highest BCUT2D eigenvalue weighted by Crippen LogP contribution is 2.19. The molecule has 1 saturated heterocycles. The predicted octanol–water partition coefficient (Wildman–Crippen LogP) is 0.796. The number of benzene rings is 1.